The van der Waals surface area contributed by atoms with Gasteiger partial charge in [0.2, 0.25) is 5.91 Å². The second-order valence-electron chi connectivity index (χ2n) is 5.89. The van der Waals surface area contributed by atoms with Crippen molar-refractivity contribution in [3.63, 3.8) is 0 Å². The number of fused-ring (bicyclic) bond motifs is 1. The molecule has 0 spiro atoms. The molecule has 1 amide bonds. The first kappa shape index (κ1) is 13.1. The Labute approximate surface area is 118 Å². The molecule has 1 saturated carbocycles. The molecule has 19 heavy (non-hydrogen) atoms. The van der Waals surface area contributed by atoms with Gasteiger partial charge < -0.3 is 10.0 Å². The number of piperidine rings is 1. The highest BCUT2D eigenvalue weighted by Crippen LogP contribution is 2.39. The molecule has 4 heteroatoms. The lowest BCUT2D eigenvalue weighted by molar-refractivity contribution is -0.142. The number of amides is 1. The van der Waals surface area contributed by atoms with Crippen molar-refractivity contribution in [1.29, 1.82) is 0 Å². The highest BCUT2D eigenvalue weighted by atomic mass is 32.1. The second kappa shape index (κ2) is 5.25. The van der Waals surface area contributed by atoms with Gasteiger partial charge in [-0.2, -0.15) is 0 Å². The molecular weight excluding hydrogens is 258 g/mol. The van der Waals surface area contributed by atoms with Crippen molar-refractivity contribution in [2.45, 2.75) is 44.1 Å². The molecule has 0 radical (unpaired) electrons. The predicted octanol–water partition coefficient (Wildman–Crippen LogP) is 2.44. The van der Waals surface area contributed by atoms with Crippen molar-refractivity contribution in [2.24, 2.45) is 5.92 Å². The van der Waals surface area contributed by atoms with Crippen molar-refractivity contribution in [2.75, 3.05) is 13.1 Å². The molecule has 3 rings (SSSR count). The van der Waals surface area contributed by atoms with Gasteiger partial charge in [-0.3, -0.25) is 4.79 Å². The number of carbonyl (C=O) groups is 1. The van der Waals surface area contributed by atoms with Gasteiger partial charge >= 0.3 is 0 Å². The van der Waals surface area contributed by atoms with Crippen LogP contribution in [0.3, 0.4) is 0 Å². The third-order valence-corrected chi connectivity index (χ3v) is 5.56. The number of nitrogens with zero attached hydrogens (tertiary/aromatic N) is 1. The zero-order valence-corrected chi connectivity index (χ0v) is 12.0. The first-order valence-electron chi connectivity index (χ1n) is 7.20. The van der Waals surface area contributed by atoms with Crippen LogP contribution in [0.1, 0.15) is 37.0 Å². The highest BCUT2D eigenvalue weighted by Gasteiger charge is 2.43. The average Bonchev–Trinajstić information content (AvgIpc) is 2.90. The average molecular weight is 279 g/mol. The summed E-state index contributed by atoms with van der Waals surface area (Å²) in [6, 6.07) is 4.01. The SMILES string of the molecule is O=C(Cc1cccs1)N1CCC2(O)CCCCC2C1. The molecule has 1 N–H and O–H groups in total. The van der Waals surface area contributed by atoms with Crippen LogP contribution in [0.5, 0.6) is 0 Å². The molecule has 2 fully saturated rings. The Morgan fingerprint density at radius 3 is 3.16 bits per heavy atom. The zero-order chi connectivity index (χ0) is 13.3. The molecule has 1 aliphatic carbocycles. The van der Waals surface area contributed by atoms with Crippen LogP contribution in [0.15, 0.2) is 17.5 Å². The molecular formula is C15H21NO2S. The van der Waals surface area contributed by atoms with E-state index >= 15 is 0 Å². The Kier molecular flexibility index (Phi) is 3.63. The molecule has 1 saturated heterocycles. The van der Waals surface area contributed by atoms with Gasteiger partial charge in [-0.1, -0.05) is 18.9 Å². The fraction of sp³-hybridized carbons (Fsp3) is 0.667. The molecule has 3 nitrogen and oxygen atoms in total. The third kappa shape index (κ3) is 2.70. The minimum Gasteiger partial charge on any atom is -0.389 e. The first-order valence-corrected chi connectivity index (χ1v) is 8.08. The quantitative estimate of drug-likeness (QED) is 0.903. The largest absolute Gasteiger partial charge is 0.389 e. The molecule has 2 aliphatic rings. The van der Waals surface area contributed by atoms with Gasteiger partial charge in [-0.15, -0.1) is 11.3 Å². The third-order valence-electron chi connectivity index (χ3n) is 4.69. The second-order valence-corrected chi connectivity index (χ2v) is 6.92. The summed E-state index contributed by atoms with van der Waals surface area (Å²) < 4.78 is 0. The molecule has 1 aromatic rings. The van der Waals surface area contributed by atoms with E-state index < -0.39 is 5.60 Å². The lowest BCUT2D eigenvalue weighted by Gasteiger charge is -2.47. The lowest BCUT2D eigenvalue weighted by Crippen LogP contribution is -2.54. The summed E-state index contributed by atoms with van der Waals surface area (Å²) in [5.41, 5.74) is -0.488. The molecule has 1 aromatic heterocycles. The van der Waals surface area contributed by atoms with Gasteiger partial charge in [0, 0.05) is 23.9 Å². The summed E-state index contributed by atoms with van der Waals surface area (Å²) in [5, 5.41) is 12.6. The number of thiophene rings is 1. The fourth-order valence-electron chi connectivity index (χ4n) is 3.47. The predicted molar refractivity (Wildman–Crippen MR) is 76.1 cm³/mol. The summed E-state index contributed by atoms with van der Waals surface area (Å²) in [7, 11) is 0. The summed E-state index contributed by atoms with van der Waals surface area (Å²) in [4.78, 5) is 15.4. The number of likely N-dealkylation sites (tertiary alicyclic amines) is 1. The van der Waals surface area contributed by atoms with E-state index in [0.717, 1.165) is 43.6 Å². The van der Waals surface area contributed by atoms with E-state index in [0.29, 0.717) is 12.3 Å². The van der Waals surface area contributed by atoms with Crippen molar-refractivity contribution < 1.29 is 9.90 Å². The topological polar surface area (TPSA) is 40.5 Å². The van der Waals surface area contributed by atoms with Gasteiger partial charge in [0.05, 0.1) is 12.0 Å². The van der Waals surface area contributed by atoms with E-state index in [1.165, 1.54) is 6.42 Å². The van der Waals surface area contributed by atoms with Crippen LogP contribution in [0, 0.1) is 5.92 Å². The van der Waals surface area contributed by atoms with Crippen molar-refractivity contribution in [3.05, 3.63) is 22.4 Å². The number of carbonyl (C=O) groups excluding carboxylic acids is 1. The van der Waals surface area contributed by atoms with Gasteiger partial charge in [0.15, 0.2) is 0 Å². The minimum atomic E-state index is -0.488. The van der Waals surface area contributed by atoms with E-state index in [2.05, 4.69) is 0 Å². The van der Waals surface area contributed by atoms with Crippen LogP contribution in [0.25, 0.3) is 0 Å². The Balaban J connectivity index is 1.62. The van der Waals surface area contributed by atoms with Crippen LogP contribution >= 0.6 is 11.3 Å². The van der Waals surface area contributed by atoms with Gasteiger partial charge in [0.25, 0.3) is 0 Å². The van der Waals surface area contributed by atoms with Crippen LogP contribution in [-0.2, 0) is 11.2 Å². The number of rotatable bonds is 2. The van der Waals surface area contributed by atoms with Gasteiger partial charge in [-0.25, -0.2) is 0 Å². The van der Waals surface area contributed by atoms with E-state index in [-0.39, 0.29) is 5.91 Å². The van der Waals surface area contributed by atoms with Crippen LogP contribution < -0.4 is 0 Å². The van der Waals surface area contributed by atoms with Crippen LogP contribution in [0.4, 0.5) is 0 Å². The van der Waals surface area contributed by atoms with E-state index in [4.69, 9.17) is 0 Å². The number of hydrogen-bond donors (Lipinski definition) is 1. The Hall–Kier alpha value is -0.870. The molecule has 0 bridgehead atoms. The molecule has 1 aliphatic heterocycles. The van der Waals surface area contributed by atoms with Gasteiger partial charge in [0.1, 0.15) is 0 Å². The number of aliphatic hydroxyl groups is 1. The summed E-state index contributed by atoms with van der Waals surface area (Å²) in [6.07, 6.45) is 5.59. The summed E-state index contributed by atoms with van der Waals surface area (Å²) in [6.45, 7) is 1.47. The van der Waals surface area contributed by atoms with E-state index in [1.807, 2.05) is 22.4 Å². The molecule has 104 valence electrons. The maximum Gasteiger partial charge on any atom is 0.227 e. The van der Waals surface area contributed by atoms with Crippen molar-refractivity contribution in [1.82, 2.24) is 4.90 Å². The van der Waals surface area contributed by atoms with Crippen molar-refractivity contribution in [3.8, 4) is 0 Å². The standard InChI is InChI=1S/C15H21NO2S/c17-14(10-13-5-3-9-19-13)16-8-7-15(18)6-2-1-4-12(15)11-16/h3,5,9,12,18H,1-2,4,6-8,10-11H2. The summed E-state index contributed by atoms with van der Waals surface area (Å²) in [5.74, 6) is 0.511. The normalized spacial score (nSPS) is 31.0. The minimum absolute atomic E-state index is 0.218. The van der Waals surface area contributed by atoms with Crippen LogP contribution in [0.2, 0.25) is 0 Å². The number of hydrogen-bond acceptors (Lipinski definition) is 3. The lowest BCUT2D eigenvalue weighted by atomic mass is 9.71. The maximum absolute atomic E-state index is 12.3. The Morgan fingerprint density at radius 2 is 2.37 bits per heavy atom. The maximum atomic E-state index is 12.3. The molecule has 0 aromatic carbocycles. The monoisotopic (exact) mass is 279 g/mol. The van der Waals surface area contributed by atoms with E-state index in [1.54, 1.807) is 11.3 Å². The molecule has 2 unspecified atom stereocenters. The Morgan fingerprint density at radius 1 is 1.47 bits per heavy atom. The fourth-order valence-corrected chi connectivity index (χ4v) is 4.17. The zero-order valence-electron chi connectivity index (χ0n) is 11.2. The Bertz CT molecular complexity index is 445. The first-order chi connectivity index (χ1) is 9.17. The smallest absolute Gasteiger partial charge is 0.227 e. The molecule has 2 atom stereocenters. The van der Waals surface area contributed by atoms with Gasteiger partial charge in [-0.05, 0) is 30.7 Å². The van der Waals surface area contributed by atoms with E-state index in [9.17, 15) is 9.90 Å². The van der Waals surface area contributed by atoms with Crippen LogP contribution in [-0.4, -0.2) is 34.6 Å². The highest BCUT2D eigenvalue weighted by molar-refractivity contribution is 7.10. The van der Waals surface area contributed by atoms with Crippen molar-refractivity contribution >= 4 is 17.2 Å². The summed E-state index contributed by atoms with van der Waals surface area (Å²) >= 11 is 1.64. The molecule has 2 heterocycles.